The molecule has 0 aromatic heterocycles. The first-order valence-corrected chi connectivity index (χ1v) is 4.37. The lowest BCUT2D eigenvalue weighted by atomic mass is 10.2. The van der Waals surface area contributed by atoms with Crippen molar-refractivity contribution in [2.75, 3.05) is 6.54 Å². The lowest BCUT2D eigenvalue weighted by Crippen LogP contribution is -2.12. The number of hydrogen-bond acceptors (Lipinski definition) is 1. The SMILES string of the molecule is C=CCNCc1ccc(F)cc1Cl. The van der Waals surface area contributed by atoms with Crippen molar-refractivity contribution >= 4 is 11.6 Å². The molecule has 0 bridgehead atoms. The first kappa shape index (κ1) is 10.2. The van der Waals surface area contributed by atoms with E-state index < -0.39 is 0 Å². The third-order valence-corrected chi connectivity index (χ3v) is 1.97. The highest BCUT2D eigenvalue weighted by atomic mass is 35.5. The lowest BCUT2D eigenvalue weighted by molar-refractivity contribution is 0.626. The fourth-order valence-electron chi connectivity index (χ4n) is 0.974. The number of nitrogens with one attached hydrogen (secondary N) is 1. The molecule has 1 aromatic carbocycles. The molecule has 3 heteroatoms. The van der Waals surface area contributed by atoms with Crippen LogP contribution in [0.4, 0.5) is 4.39 Å². The summed E-state index contributed by atoms with van der Waals surface area (Å²) in [4.78, 5) is 0. The predicted octanol–water partition coefficient (Wildman–Crippen LogP) is 2.75. The molecule has 0 saturated heterocycles. The minimum atomic E-state index is -0.308. The summed E-state index contributed by atoms with van der Waals surface area (Å²) in [7, 11) is 0. The monoisotopic (exact) mass is 199 g/mol. The Hall–Kier alpha value is -0.860. The van der Waals surface area contributed by atoms with Crippen molar-refractivity contribution in [1.29, 1.82) is 0 Å². The summed E-state index contributed by atoms with van der Waals surface area (Å²) in [6.45, 7) is 4.92. The van der Waals surface area contributed by atoms with Gasteiger partial charge in [-0.1, -0.05) is 23.7 Å². The number of rotatable bonds is 4. The van der Waals surface area contributed by atoms with Crippen molar-refractivity contribution in [2.45, 2.75) is 6.54 Å². The van der Waals surface area contributed by atoms with Crippen molar-refractivity contribution in [2.24, 2.45) is 0 Å². The van der Waals surface area contributed by atoms with Gasteiger partial charge in [0.15, 0.2) is 0 Å². The van der Waals surface area contributed by atoms with Gasteiger partial charge in [0.2, 0.25) is 0 Å². The molecule has 1 N–H and O–H groups in total. The zero-order chi connectivity index (χ0) is 9.68. The van der Waals surface area contributed by atoms with E-state index in [4.69, 9.17) is 11.6 Å². The van der Waals surface area contributed by atoms with Crippen molar-refractivity contribution in [3.8, 4) is 0 Å². The lowest BCUT2D eigenvalue weighted by Gasteiger charge is -2.04. The van der Waals surface area contributed by atoms with E-state index >= 15 is 0 Å². The summed E-state index contributed by atoms with van der Waals surface area (Å²) < 4.78 is 12.6. The first-order valence-electron chi connectivity index (χ1n) is 3.99. The molecule has 0 radical (unpaired) electrons. The van der Waals surface area contributed by atoms with Crippen LogP contribution in [0.2, 0.25) is 5.02 Å². The maximum atomic E-state index is 12.6. The van der Waals surface area contributed by atoms with Crippen LogP contribution in [0.15, 0.2) is 30.9 Å². The van der Waals surface area contributed by atoms with Gasteiger partial charge in [-0.05, 0) is 17.7 Å². The Kier molecular flexibility index (Phi) is 3.93. The zero-order valence-corrected chi connectivity index (χ0v) is 7.94. The highest BCUT2D eigenvalue weighted by Gasteiger charge is 2.00. The van der Waals surface area contributed by atoms with E-state index in [0.29, 0.717) is 18.1 Å². The molecule has 0 heterocycles. The quantitative estimate of drug-likeness (QED) is 0.581. The minimum Gasteiger partial charge on any atom is -0.309 e. The van der Waals surface area contributed by atoms with E-state index in [2.05, 4.69) is 11.9 Å². The second kappa shape index (κ2) is 5.00. The summed E-state index contributed by atoms with van der Waals surface area (Å²) in [6.07, 6.45) is 1.76. The van der Waals surface area contributed by atoms with Crippen LogP contribution in [0.5, 0.6) is 0 Å². The van der Waals surface area contributed by atoms with Gasteiger partial charge in [0.25, 0.3) is 0 Å². The predicted molar refractivity (Wildman–Crippen MR) is 53.3 cm³/mol. The molecule has 1 aromatic rings. The Morgan fingerprint density at radius 2 is 2.31 bits per heavy atom. The second-order valence-electron chi connectivity index (χ2n) is 2.66. The van der Waals surface area contributed by atoms with Gasteiger partial charge in [-0.3, -0.25) is 0 Å². The molecular formula is C10H11ClFN. The third-order valence-electron chi connectivity index (χ3n) is 1.62. The van der Waals surface area contributed by atoms with Gasteiger partial charge in [0.05, 0.1) is 0 Å². The Bertz CT molecular complexity index is 299. The molecule has 0 aliphatic rings. The topological polar surface area (TPSA) is 12.0 Å². The molecule has 1 nitrogen and oxygen atoms in total. The molecule has 1 rings (SSSR count). The Morgan fingerprint density at radius 3 is 2.92 bits per heavy atom. The summed E-state index contributed by atoms with van der Waals surface area (Å²) in [6, 6.07) is 4.39. The van der Waals surface area contributed by atoms with Crippen LogP contribution in [0.1, 0.15) is 5.56 Å². The molecule has 70 valence electrons. The van der Waals surface area contributed by atoms with Gasteiger partial charge in [-0.15, -0.1) is 6.58 Å². The molecule has 0 aliphatic carbocycles. The molecule has 0 aliphatic heterocycles. The van der Waals surface area contributed by atoms with Crippen LogP contribution in [0, 0.1) is 5.82 Å². The van der Waals surface area contributed by atoms with Crippen LogP contribution >= 0.6 is 11.6 Å². The Labute approximate surface area is 82.2 Å². The maximum Gasteiger partial charge on any atom is 0.124 e. The third kappa shape index (κ3) is 3.17. The molecule has 0 fully saturated rings. The zero-order valence-electron chi connectivity index (χ0n) is 7.19. The van der Waals surface area contributed by atoms with Gasteiger partial charge in [-0.2, -0.15) is 0 Å². The smallest absolute Gasteiger partial charge is 0.124 e. The Balaban J connectivity index is 2.61. The van der Waals surface area contributed by atoms with Gasteiger partial charge in [-0.25, -0.2) is 4.39 Å². The van der Waals surface area contributed by atoms with E-state index in [1.165, 1.54) is 12.1 Å². The molecule has 0 amide bonds. The largest absolute Gasteiger partial charge is 0.309 e. The van der Waals surface area contributed by atoms with Crippen molar-refractivity contribution < 1.29 is 4.39 Å². The van der Waals surface area contributed by atoms with Crippen molar-refractivity contribution in [3.63, 3.8) is 0 Å². The van der Waals surface area contributed by atoms with E-state index in [1.54, 1.807) is 12.1 Å². The van der Waals surface area contributed by atoms with E-state index in [9.17, 15) is 4.39 Å². The van der Waals surface area contributed by atoms with Crippen molar-refractivity contribution in [1.82, 2.24) is 5.32 Å². The van der Waals surface area contributed by atoms with Gasteiger partial charge in [0.1, 0.15) is 5.82 Å². The standard InChI is InChI=1S/C10H11ClFN/c1-2-5-13-7-8-3-4-9(12)6-10(8)11/h2-4,6,13H,1,5,7H2. The number of hydrogen-bond donors (Lipinski definition) is 1. The van der Waals surface area contributed by atoms with Gasteiger partial charge < -0.3 is 5.32 Å². The van der Waals surface area contributed by atoms with E-state index in [-0.39, 0.29) is 5.82 Å². The van der Waals surface area contributed by atoms with Crippen LogP contribution in [0.3, 0.4) is 0 Å². The minimum absolute atomic E-state index is 0.308. The average Bonchev–Trinajstić information content (AvgIpc) is 2.09. The molecule has 0 unspecified atom stereocenters. The number of halogens is 2. The fourth-order valence-corrected chi connectivity index (χ4v) is 1.21. The maximum absolute atomic E-state index is 12.6. The highest BCUT2D eigenvalue weighted by Crippen LogP contribution is 2.16. The van der Waals surface area contributed by atoms with Crippen LogP contribution < -0.4 is 5.32 Å². The molecule has 13 heavy (non-hydrogen) atoms. The van der Waals surface area contributed by atoms with Crippen LogP contribution in [0.25, 0.3) is 0 Å². The molecule has 0 atom stereocenters. The summed E-state index contributed by atoms with van der Waals surface area (Å²) in [5.74, 6) is -0.308. The first-order chi connectivity index (χ1) is 6.24. The molecule has 0 spiro atoms. The molecular weight excluding hydrogens is 189 g/mol. The fraction of sp³-hybridized carbons (Fsp3) is 0.200. The normalized spacial score (nSPS) is 10.0. The second-order valence-corrected chi connectivity index (χ2v) is 3.06. The van der Waals surface area contributed by atoms with Crippen LogP contribution in [-0.2, 0) is 6.54 Å². The molecule has 0 saturated carbocycles. The summed E-state index contributed by atoms with van der Waals surface area (Å²) in [5.41, 5.74) is 0.893. The van der Waals surface area contributed by atoms with E-state index in [0.717, 1.165) is 5.56 Å². The summed E-state index contributed by atoms with van der Waals surface area (Å²) in [5, 5.41) is 3.54. The van der Waals surface area contributed by atoms with E-state index in [1.807, 2.05) is 0 Å². The number of benzene rings is 1. The van der Waals surface area contributed by atoms with Crippen LogP contribution in [-0.4, -0.2) is 6.54 Å². The van der Waals surface area contributed by atoms with Gasteiger partial charge >= 0.3 is 0 Å². The average molecular weight is 200 g/mol. The summed E-state index contributed by atoms with van der Waals surface area (Å²) >= 11 is 5.80. The Morgan fingerprint density at radius 1 is 1.54 bits per heavy atom. The van der Waals surface area contributed by atoms with Crippen molar-refractivity contribution in [3.05, 3.63) is 47.3 Å². The highest BCUT2D eigenvalue weighted by molar-refractivity contribution is 6.31. The van der Waals surface area contributed by atoms with Gasteiger partial charge in [0, 0.05) is 18.1 Å².